The summed E-state index contributed by atoms with van der Waals surface area (Å²) in [6.45, 7) is 0.695. The molecule has 0 saturated carbocycles. The third kappa shape index (κ3) is 2.76. The molecule has 5 heteroatoms. The van der Waals surface area contributed by atoms with Crippen LogP contribution in [0.1, 0.15) is 22.5 Å². The lowest BCUT2D eigenvalue weighted by atomic mass is 10.0. The van der Waals surface area contributed by atoms with E-state index >= 15 is 0 Å². The Hall–Kier alpha value is -2.40. The Morgan fingerprint density at radius 2 is 1.96 bits per heavy atom. The lowest BCUT2D eigenvalue weighted by Crippen LogP contribution is -2.35. The second kappa shape index (κ2) is 6.24. The van der Waals surface area contributed by atoms with Crippen LogP contribution in [-0.4, -0.2) is 17.6 Å². The van der Waals surface area contributed by atoms with E-state index in [1.54, 1.807) is 11.0 Å². The summed E-state index contributed by atoms with van der Waals surface area (Å²) in [7, 11) is 0. The second-order valence-electron chi connectivity index (χ2n) is 5.78. The lowest BCUT2D eigenvalue weighted by molar-refractivity contribution is 0.0976. The van der Waals surface area contributed by atoms with Crippen molar-refractivity contribution in [2.45, 2.75) is 12.8 Å². The van der Waals surface area contributed by atoms with Gasteiger partial charge < -0.3 is 9.42 Å². The molecule has 4 nitrogen and oxygen atoms in total. The minimum atomic E-state index is -0.121. The van der Waals surface area contributed by atoms with Crippen LogP contribution in [0.3, 0.4) is 0 Å². The molecule has 1 amide bonds. The Labute approximate surface area is 148 Å². The average Bonchev–Trinajstić information content (AvgIpc) is 3.11. The van der Waals surface area contributed by atoms with E-state index in [0.29, 0.717) is 18.0 Å². The first-order valence-corrected chi connectivity index (χ1v) is 8.64. The summed E-state index contributed by atoms with van der Waals surface area (Å²) in [5.74, 6) is 0.483. The molecule has 0 unspecified atom stereocenters. The van der Waals surface area contributed by atoms with Crippen LogP contribution in [-0.2, 0) is 6.42 Å². The molecule has 2 heterocycles. The highest BCUT2D eigenvalue weighted by Crippen LogP contribution is 2.31. The Morgan fingerprint density at radius 1 is 1.12 bits per heavy atom. The molecule has 1 aliphatic heterocycles. The fourth-order valence-corrected chi connectivity index (χ4v) is 3.44. The maximum atomic E-state index is 12.9. The zero-order valence-electron chi connectivity index (χ0n) is 12.9. The van der Waals surface area contributed by atoms with E-state index in [0.717, 1.165) is 28.6 Å². The van der Waals surface area contributed by atoms with Crippen LogP contribution in [0.4, 0.5) is 5.69 Å². The summed E-state index contributed by atoms with van der Waals surface area (Å²) in [6.07, 6.45) is 1.92. The van der Waals surface area contributed by atoms with Crippen molar-refractivity contribution in [3.63, 3.8) is 0 Å². The first-order chi connectivity index (χ1) is 11.7. The van der Waals surface area contributed by atoms with Gasteiger partial charge >= 0.3 is 0 Å². The monoisotopic (exact) mass is 382 g/mol. The minimum Gasteiger partial charge on any atom is -0.355 e. The summed E-state index contributed by atoms with van der Waals surface area (Å²) in [6, 6.07) is 17.4. The first-order valence-electron chi connectivity index (χ1n) is 7.85. The molecule has 0 fully saturated rings. The van der Waals surface area contributed by atoms with Crippen molar-refractivity contribution < 1.29 is 9.32 Å². The molecule has 0 bridgehead atoms. The second-order valence-corrected chi connectivity index (χ2v) is 6.69. The SMILES string of the molecule is O=C(c1cc(-c2ccccc2)on1)N1CCCc2cc(Br)ccc21. The number of hydrogen-bond donors (Lipinski definition) is 0. The summed E-state index contributed by atoms with van der Waals surface area (Å²) in [5.41, 5.74) is 3.38. The van der Waals surface area contributed by atoms with Gasteiger partial charge in [-0.15, -0.1) is 0 Å². The van der Waals surface area contributed by atoms with Gasteiger partial charge in [0.2, 0.25) is 0 Å². The smallest absolute Gasteiger partial charge is 0.280 e. The van der Waals surface area contributed by atoms with Gasteiger partial charge in [-0.1, -0.05) is 51.4 Å². The molecule has 2 aromatic carbocycles. The number of aromatic nitrogens is 1. The van der Waals surface area contributed by atoms with Gasteiger partial charge in [0.05, 0.1) is 0 Å². The van der Waals surface area contributed by atoms with Crippen LogP contribution in [0.2, 0.25) is 0 Å². The number of aryl methyl sites for hydroxylation is 1. The molecule has 24 heavy (non-hydrogen) atoms. The van der Waals surface area contributed by atoms with Gasteiger partial charge in [0, 0.05) is 28.3 Å². The number of anilines is 1. The van der Waals surface area contributed by atoms with Crippen LogP contribution in [0, 0.1) is 0 Å². The fourth-order valence-electron chi connectivity index (χ4n) is 3.03. The van der Waals surface area contributed by atoms with Crippen molar-refractivity contribution >= 4 is 27.5 Å². The maximum absolute atomic E-state index is 12.9. The van der Waals surface area contributed by atoms with Crippen LogP contribution in [0.15, 0.2) is 63.6 Å². The van der Waals surface area contributed by atoms with Gasteiger partial charge in [-0.05, 0) is 36.6 Å². The highest BCUT2D eigenvalue weighted by molar-refractivity contribution is 9.10. The van der Waals surface area contributed by atoms with Gasteiger partial charge in [-0.2, -0.15) is 0 Å². The normalized spacial score (nSPS) is 13.6. The molecule has 120 valence electrons. The maximum Gasteiger partial charge on any atom is 0.280 e. The molecule has 4 rings (SSSR count). The van der Waals surface area contributed by atoms with Crippen LogP contribution in [0.5, 0.6) is 0 Å². The Kier molecular flexibility index (Phi) is 3.94. The van der Waals surface area contributed by atoms with Crippen molar-refractivity contribution in [1.82, 2.24) is 5.16 Å². The predicted molar refractivity (Wildman–Crippen MR) is 96.1 cm³/mol. The molecule has 0 saturated heterocycles. The summed E-state index contributed by atoms with van der Waals surface area (Å²) in [5, 5.41) is 3.98. The number of amides is 1. The van der Waals surface area contributed by atoms with Crippen molar-refractivity contribution in [2.24, 2.45) is 0 Å². The van der Waals surface area contributed by atoms with Crippen molar-refractivity contribution in [3.8, 4) is 11.3 Å². The number of halogens is 1. The molecule has 0 N–H and O–H groups in total. The fraction of sp³-hybridized carbons (Fsp3) is 0.158. The van der Waals surface area contributed by atoms with Crippen molar-refractivity contribution in [2.75, 3.05) is 11.4 Å². The predicted octanol–water partition coefficient (Wildman–Crippen LogP) is 4.70. The number of carbonyl (C=O) groups is 1. The minimum absolute atomic E-state index is 0.121. The van der Waals surface area contributed by atoms with Gasteiger partial charge in [-0.3, -0.25) is 4.79 Å². The number of nitrogens with zero attached hydrogens (tertiary/aromatic N) is 2. The molecular formula is C19H15BrN2O2. The molecule has 1 aromatic heterocycles. The van der Waals surface area contributed by atoms with E-state index in [2.05, 4.69) is 27.2 Å². The van der Waals surface area contributed by atoms with E-state index in [4.69, 9.17) is 4.52 Å². The zero-order valence-corrected chi connectivity index (χ0v) is 14.5. The summed E-state index contributed by atoms with van der Waals surface area (Å²) >= 11 is 3.49. The lowest BCUT2D eigenvalue weighted by Gasteiger charge is -2.28. The number of fused-ring (bicyclic) bond motifs is 1. The Morgan fingerprint density at radius 3 is 2.79 bits per heavy atom. The van der Waals surface area contributed by atoms with E-state index in [9.17, 15) is 4.79 Å². The van der Waals surface area contributed by atoms with E-state index in [1.807, 2.05) is 42.5 Å². The third-order valence-electron chi connectivity index (χ3n) is 4.19. The highest BCUT2D eigenvalue weighted by atomic mass is 79.9. The first kappa shape index (κ1) is 15.1. The van der Waals surface area contributed by atoms with E-state index < -0.39 is 0 Å². The van der Waals surface area contributed by atoms with Gasteiger partial charge in [-0.25, -0.2) is 0 Å². The Balaban J connectivity index is 1.65. The zero-order chi connectivity index (χ0) is 16.5. The van der Waals surface area contributed by atoms with Crippen LogP contribution < -0.4 is 4.90 Å². The average molecular weight is 383 g/mol. The number of carbonyl (C=O) groups excluding carboxylic acids is 1. The highest BCUT2D eigenvalue weighted by Gasteiger charge is 2.26. The molecule has 0 atom stereocenters. The van der Waals surface area contributed by atoms with E-state index in [1.165, 1.54) is 5.56 Å². The van der Waals surface area contributed by atoms with Gasteiger partial charge in [0.15, 0.2) is 11.5 Å². The molecule has 0 radical (unpaired) electrons. The largest absolute Gasteiger partial charge is 0.355 e. The van der Waals surface area contributed by atoms with Crippen molar-refractivity contribution in [1.29, 1.82) is 0 Å². The van der Waals surface area contributed by atoms with Crippen LogP contribution >= 0.6 is 15.9 Å². The molecule has 0 aliphatic carbocycles. The van der Waals surface area contributed by atoms with E-state index in [-0.39, 0.29) is 5.91 Å². The quantitative estimate of drug-likeness (QED) is 0.645. The molecular weight excluding hydrogens is 368 g/mol. The summed E-state index contributed by atoms with van der Waals surface area (Å²) < 4.78 is 6.40. The van der Waals surface area contributed by atoms with Gasteiger partial charge in [0.25, 0.3) is 5.91 Å². The molecule has 1 aliphatic rings. The standard InChI is InChI=1S/C19H15BrN2O2/c20-15-8-9-17-14(11-15)7-4-10-22(17)19(23)16-12-18(24-21-16)13-5-2-1-3-6-13/h1-3,5-6,8-9,11-12H,4,7,10H2. The summed E-state index contributed by atoms with van der Waals surface area (Å²) in [4.78, 5) is 14.7. The topological polar surface area (TPSA) is 46.3 Å². The molecule has 3 aromatic rings. The van der Waals surface area contributed by atoms with Crippen molar-refractivity contribution in [3.05, 3.63) is 70.3 Å². The number of rotatable bonds is 2. The number of hydrogen-bond acceptors (Lipinski definition) is 3. The third-order valence-corrected chi connectivity index (χ3v) is 4.69. The molecule has 0 spiro atoms. The van der Waals surface area contributed by atoms with Gasteiger partial charge in [0.1, 0.15) is 0 Å². The Bertz CT molecular complexity index is 889. The number of benzene rings is 2. The van der Waals surface area contributed by atoms with Crippen LogP contribution in [0.25, 0.3) is 11.3 Å².